The van der Waals surface area contributed by atoms with E-state index in [9.17, 15) is 9.59 Å². The van der Waals surface area contributed by atoms with E-state index in [2.05, 4.69) is 4.98 Å². The molecule has 35 heavy (non-hydrogen) atoms. The van der Waals surface area contributed by atoms with Gasteiger partial charge in [-0.15, -0.1) is 11.3 Å². The zero-order valence-electron chi connectivity index (χ0n) is 20.0. The molecule has 0 aliphatic heterocycles. The SMILES string of the molecule is COc1ccc(C)cc1-n1c(S[C@H](C)c2nc3sc(C)c(C)c3c(=O)[nH]2)nc2ccccc2c1=O. The van der Waals surface area contributed by atoms with E-state index < -0.39 is 0 Å². The quantitative estimate of drug-likeness (QED) is 0.252. The van der Waals surface area contributed by atoms with Crippen molar-refractivity contribution in [2.45, 2.75) is 38.1 Å². The highest BCUT2D eigenvalue weighted by Crippen LogP contribution is 2.36. The lowest BCUT2D eigenvalue weighted by molar-refractivity contribution is 0.411. The topological polar surface area (TPSA) is 89.9 Å². The number of para-hydroxylation sites is 1. The maximum absolute atomic E-state index is 13.7. The highest BCUT2D eigenvalue weighted by atomic mass is 32.2. The first-order valence-electron chi connectivity index (χ1n) is 11.1. The number of thiophene rings is 1. The highest BCUT2D eigenvalue weighted by molar-refractivity contribution is 7.99. The van der Waals surface area contributed by atoms with Gasteiger partial charge in [0.15, 0.2) is 5.16 Å². The molecule has 1 N–H and O–H groups in total. The molecule has 7 nitrogen and oxygen atoms in total. The number of H-pyrrole nitrogens is 1. The molecule has 0 bridgehead atoms. The summed E-state index contributed by atoms with van der Waals surface area (Å²) in [5.41, 5.74) is 2.84. The van der Waals surface area contributed by atoms with Crippen molar-refractivity contribution in [3.63, 3.8) is 0 Å². The number of thioether (sulfide) groups is 1. The van der Waals surface area contributed by atoms with Gasteiger partial charge in [-0.25, -0.2) is 9.97 Å². The van der Waals surface area contributed by atoms with E-state index in [1.54, 1.807) is 17.7 Å². The van der Waals surface area contributed by atoms with Gasteiger partial charge in [-0.3, -0.25) is 14.2 Å². The standard InChI is InChI=1S/C26H24N4O3S2/c1-13-10-11-20(33-5)19(12-13)30-25(32)17-8-6-7-9-18(17)27-26(30)35-16(4)22-28-23(31)21-14(2)15(3)34-24(21)29-22/h6-12,16H,1-5H3,(H,28,29,31)/t16-/m1/s1. The van der Waals surface area contributed by atoms with E-state index in [0.717, 1.165) is 20.8 Å². The van der Waals surface area contributed by atoms with Gasteiger partial charge in [0.25, 0.3) is 11.1 Å². The number of aryl methyl sites for hydroxylation is 3. The van der Waals surface area contributed by atoms with Gasteiger partial charge < -0.3 is 9.72 Å². The normalized spacial score (nSPS) is 12.4. The van der Waals surface area contributed by atoms with Crippen LogP contribution in [0.3, 0.4) is 0 Å². The molecule has 0 radical (unpaired) electrons. The number of aromatic amines is 1. The Morgan fingerprint density at radius 1 is 1.09 bits per heavy atom. The number of aromatic nitrogens is 4. The zero-order valence-corrected chi connectivity index (χ0v) is 21.6. The fraction of sp³-hybridized carbons (Fsp3) is 0.231. The van der Waals surface area contributed by atoms with Crippen molar-refractivity contribution in [3.8, 4) is 11.4 Å². The molecule has 0 saturated heterocycles. The Morgan fingerprint density at radius 3 is 2.63 bits per heavy atom. The van der Waals surface area contributed by atoms with Gasteiger partial charge >= 0.3 is 0 Å². The minimum Gasteiger partial charge on any atom is -0.495 e. The second kappa shape index (κ2) is 8.98. The number of benzene rings is 2. The minimum absolute atomic E-state index is 0.150. The van der Waals surface area contributed by atoms with Gasteiger partial charge in [0, 0.05) is 4.88 Å². The Bertz CT molecular complexity index is 1720. The summed E-state index contributed by atoms with van der Waals surface area (Å²) in [5.74, 6) is 1.11. The third kappa shape index (κ3) is 4.04. The Morgan fingerprint density at radius 2 is 1.86 bits per heavy atom. The predicted octanol–water partition coefficient (Wildman–Crippen LogP) is 5.47. The average molecular weight is 505 g/mol. The maximum Gasteiger partial charge on any atom is 0.266 e. The first-order chi connectivity index (χ1) is 16.8. The van der Waals surface area contributed by atoms with Crippen LogP contribution in [0.15, 0.2) is 57.2 Å². The van der Waals surface area contributed by atoms with Crippen LogP contribution in [0.5, 0.6) is 5.75 Å². The van der Waals surface area contributed by atoms with E-state index in [4.69, 9.17) is 14.7 Å². The predicted molar refractivity (Wildman–Crippen MR) is 143 cm³/mol. The smallest absolute Gasteiger partial charge is 0.266 e. The van der Waals surface area contributed by atoms with Gasteiger partial charge in [0.2, 0.25) is 0 Å². The third-order valence-electron chi connectivity index (χ3n) is 6.04. The van der Waals surface area contributed by atoms with Crippen molar-refractivity contribution in [2.75, 3.05) is 7.11 Å². The second-order valence-corrected chi connectivity index (χ2v) is 10.9. The molecule has 0 aliphatic rings. The first-order valence-corrected chi connectivity index (χ1v) is 12.8. The van der Waals surface area contributed by atoms with Gasteiger partial charge in [0.05, 0.1) is 34.3 Å². The number of nitrogens with zero attached hydrogens (tertiary/aromatic N) is 3. The zero-order chi connectivity index (χ0) is 24.9. The summed E-state index contributed by atoms with van der Waals surface area (Å²) in [7, 11) is 1.58. The molecule has 5 rings (SSSR count). The molecule has 2 aromatic carbocycles. The molecular weight excluding hydrogens is 480 g/mol. The lowest BCUT2D eigenvalue weighted by atomic mass is 10.2. The molecule has 0 saturated carbocycles. The molecule has 0 amide bonds. The van der Waals surface area contributed by atoms with Crippen LogP contribution >= 0.6 is 23.1 Å². The molecule has 178 valence electrons. The van der Waals surface area contributed by atoms with E-state index in [1.807, 2.05) is 64.1 Å². The Kier molecular flexibility index (Phi) is 5.98. The largest absolute Gasteiger partial charge is 0.495 e. The van der Waals surface area contributed by atoms with Crippen LogP contribution in [0.2, 0.25) is 0 Å². The molecule has 0 unspecified atom stereocenters. The van der Waals surface area contributed by atoms with Crippen molar-refractivity contribution in [3.05, 3.63) is 85.0 Å². The fourth-order valence-electron chi connectivity index (χ4n) is 4.06. The van der Waals surface area contributed by atoms with Gasteiger partial charge in [-0.2, -0.15) is 0 Å². The fourth-order valence-corrected chi connectivity index (χ4v) is 6.07. The van der Waals surface area contributed by atoms with Gasteiger partial charge in [-0.1, -0.05) is 30.0 Å². The van der Waals surface area contributed by atoms with Crippen molar-refractivity contribution < 1.29 is 4.74 Å². The molecule has 3 aromatic heterocycles. The van der Waals surface area contributed by atoms with Gasteiger partial charge in [0.1, 0.15) is 16.4 Å². The molecule has 0 spiro atoms. The summed E-state index contributed by atoms with van der Waals surface area (Å²) in [5, 5.41) is 1.38. The van der Waals surface area contributed by atoms with Crippen LogP contribution in [0.1, 0.15) is 34.0 Å². The number of nitrogens with one attached hydrogen (secondary N) is 1. The van der Waals surface area contributed by atoms with E-state index in [-0.39, 0.29) is 16.4 Å². The summed E-state index contributed by atoms with van der Waals surface area (Å²) < 4.78 is 7.18. The maximum atomic E-state index is 13.7. The third-order valence-corrected chi connectivity index (χ3v) is 8.21. The van der Waals surface area contributed by atoms with Crippen LogP contribution < -0.4 is 15.9 Å². The molecule has 9 heteroatoms. The summed E-state index contributed by atoms with van der Waals surface area (Å²) in [6.07, 6.45) is 0. The number of rotatable bonds is 5. The second-order valence-electron chi connectivity index (χ2n) is 8.40. The van der Waals surface area contributed by atoms with Crippen molar-refractivity contribution in [2.24, 2.45) is 0 Å². The number of hydrogen-bond donors (Lipinski definition) is 1. The highest BCUT2D eigenvalue weighted by Gasteiger charge is 2.22. The molecule has 3 heterocycles. The molecule has 0 aliphatic carbocycles. The minimum atomic E-state index is -0.273. The van der Waals surface area contributed by atoms with Crippen LogP contribution in [-0.2, 0) is 0 Å². The molecule has 5 aromatic rings. The first kappa shape index (κ1) is 23.3. The summed E-state index contributed by atoms with van der Waals surface area (Å²) in [6, 6.07) is 13.0. The molecule has 1 atom stereocenters. The van der Waals surface area contributed by atoms with Crippen LogP contribution in [-0.4, -0.2) is 26.6 Å². The van der Waals surface area contributed by atoms with E-state index >= 15 is 0 Å². The average Bonchev–Trinajstić information content (AvgIpc) is 3.13. The van der Waals surface area contributed by atoms with Crippen LogP contribution in [0.25, 0.3) is 26.8 Å². The number of methoxy groups -OCH3 is 1. The Balaban J connectivity index is 1.69. The van der Waals surface area contributed by atoms with Crippen molar-refractivity contribution in [1.82, 2.24) is 19.5 Å². The lowest BCUT2D eigenvalue weighted by Crippen LogP contribution is -2.23. The Hall–Kier alpha value is -3.43. The monoisotopic (exact) mass is 504 g/mol. The van der Waals surface area contributed by atoms with Crippen LogP contribution in [0, 0.1) is 20.8 Å². The van der Waals surface area contributed by atoms with Crippen LogP contribution in [0.4, 0.5) is 0 Å². The van der Waals surface area contributed by atoms with E-state index in [0.29, 0.717) is 38.7 Å². The van der Waals surface area contributed by atoms with Gasteiger partial charge in [-0.05, 0) is 63.1 Å². The number of fused-ring (bicyclic) bond motifs is 2. The number of hydrogen-bond acceptors (Lipinski definition) is 7. The summed E-state index contributed by atoms with van der Waals surface area (Å²) >= 11 is 2.88. The molecular formula is C26H24N4O3S2. The summed E-state index contributed by atoms with van der Waals surface area (Å²) in [4.78, 5) is 40.9. The van der Waals surface area contributed by atoms with Crippen molar-refractivity contribution in [1.29, 1.82) is 0 Å². The molecule has 0 fully saturated rings. The Labute approximate surface area is 209 Å². The number of ether oxygens (including phenoxy) is 1. The van der Waals surface area contributed by atoms with E-state index in [1.165, 1.54) is 23.1 Å². The van der Waals surface area contributed by atoms with Crippen molar-refractivity contribution >= 4 is 44.2 Å². The summed E-state index contributed by atoms with van der Waals surface area (Å²) in [6.45, 7) is 7.84. The lowest BCUT2D eigenvalue weighted by Gasteiger charge is -2.18.